The van der Waals surface area contributed by atoms with Gasteiger partial charge in [-0.1, -0.05) is 32.9 Å². The highest BCUT2D eigenvalue weighted by Gasteiger charge is 2.16. The fourth-order valence-electron chi connectivity index (χ4n) is 2.33. The maximum Gasteiger partial charge on any atom is 0.259 e. The van der Waals surface area contributed by atoms with Gasteiger partial charge in [-0.2, -0.15) is 0 Å². The average molecular weight is 312 g/mol. The van der Waals surface area contributed by atoms with Crippen molar-refractivity contribution in [2.24, 2.45) is 0 Å². The summed E-state index contributed by atoms with van der Waals surface area (Å²) < 4.78 is 0. The fourth-order valence-corrected chi connectivity index (χ4v) is 2.33. The number of hydrogen-bond acceptors (Lipinski definition) is 4. The van der Waals surface area contributed by atoms with Crippen LogP contribution in [0.15, 0.2) is 30.5 Å². The summed E-state index contributed by atoms with van der Waals surface area (Å²) >= 11 is 0. The molecule has 1 aromatic carbocycles. The highest BCUT2D eigenvalue weighted by atomic mass is 16.1. The van der Waals surface area contributed by atoms with Crippen LogP contribution in [0.4, 0.5) is 5.69 Å². The first-order chi connectivity index (χ1) is 11.0. The van der Waals surface area contributed by atoms with Crippen molar-refractivity contribution in [3.05, 3.63) is 53.1 Å². The van der Waals surface area contributed by atoms with Gasteiger partial charge in [0.1, 0.15) is 5.82 Å². The molecule has 5 nitrogen and oxygen atoms in total. The number of carbonyl (C=O) groups is 1. The summed E-state index contributed by atoms with van der Waals surface area (Å²) in [7, 11) is 0. The van der Waals surface area contributed by atoms with E-state index in [4.69, 9.17) is 0 Å². The number of aryl methyl sites for hydroxylation is 1. The third-order valence-electron chi connectivity index (χ3n) is 3.49. The first-order valence-corrected chi connectivity index (χ1v) is 7.95. The largest absolute Gasteiger partial charge is 0.322 e. The molecule has 23 heavy (non-hydrogen) atoms. The minimum absolute atomic E-state index is 0.164. The van der Waals surface area contributed by atoms with Crippen molar-refractivity contribution >= 4 is 11.6 Å². The number of carbonyl (C=O) groups excluding carboxylic acids is 1. The highest BCUT2D eigenvalue weighted by Crippen LogP contribution is 2.19. The molecule has 0 aliphatic rings. The Morgan fingerprint density at radius 2 is 2.09 bits per heavy atom. The van der Waals surface area contributed by atoms with Crippen LogP contribution in [0, 0.1) is 6.92 Å². The first-order valence-electron chi connectivity index (χ1n) is 7.95. The minimum atomic E-state index is -0.172. The van der Waals surface area contributed by atoms with Gasteiger partial charge in [-0.3, -0.25) is 4.79 Å². The van der Waals surface area contributed by atoms with Gasteiger partial charge in [0.15, 0.2) is 0 Å². The zero-order chi connectivity index (χ0) is 16.8. The van der Waals surface area contributed by atoms with E-state index in [-0.39, 0.29) is 11.8 Å². The Morgan fingerprint density at radius 3 is 2.78 bits per heavy atom. The molecule has 0 saturated carbocycles. The highest BCUT2D eigenvalue weighted by molar-refractivity contribution is 6.05. The van der Waals surface area contributed by atoms with E-state index in [0.717, 1.165) is 30.0 Å². The zero-order valence-electron chi connectivity index (χ0n) is 14.2. The standard InChI is InChI=1S/C18H24N4O/c1-5-19-10-14-7-6-8-15(9-14)22-18(23)16-11-20-13(4)21-17(16)12(2)3/h6-9,11-12,19H,5,10H2,1-4H3,(H,22,23). The quantitative estimate of drug-likeness (QED) is 0.859. The first kappa shape index (κ1) is 17.1. The van der Waals surface area contributed by atoms with E-state index in [1.54, 1.807) is 6.20 Å². The van der Waals surface area contributed by atoms with Gasteiger partial charge in [0.25, 0.3) is 5.91 Å². The Hall–Kier alpha value is -2.27. The van der Waals surface area contributed by atoms with Crippen LogP contribution in [-0.2, 0) is 6.54 Å². The SMILES string of the molecule is CCNCc1cccc(NC(=O)c2cnc(C)nc2C(C)C)c1. The van der Waals surface area contributed by atoms with Crippen molar-refractivity contribution in [1.29, 1.82) is 0 Å². The van der Waals surface area contributed by atoms with Gasteiger partial charge in [0, 0.05) is 18.4 Å². The normalized spacial score (nSPS) is 10.8. The van der Waals surface area contributed by atoms with E-state index in [1.807, 2.05) is 45.0 Å². The van der Waals surface area contributed by atoms with Crippen molar-refractivity contribution in [3.8, 4) is 0 Å². The topological polar surface area (TPSA) is 66.9 Å². The third kappa shape index (κ3) is 4.60. The van der Waals surface area contributed by atoms with Gasteiger partial charge < -0.3 is 10.6 Å². The molecule has 0 atom stereocenters. The molecule has 5 heteroatoms. The zero-order valence-corrected chi connectivity index (χ0v) is 14.2. The monoisotopic (exact) mass is 312 g/mol. The van der Waals surface area contributed by atoms with Crippen LogP contribution in [-0.4, -0.2) is 22.4 Å². The Labute approximate surface area is 137 Å². The minimum Gasteiger partial charge on any atom is -0.322 e. The van der Waals surface area contributed by atoms with E-state index in [2.05, 4.69) is 27.5 Å². The summed E-state index contributed by atoms with van der Waals surface area (Å²) in [5, 5.41) is 6.22. The van der Waals surface area contributed by atoms with Crippen LogP contribution in [0.1, 0.15) is 54.1 Å². The van der Waals surface area contributed by atoms with E-state index in [1.165, 1.54) is 0 Å². The van der Waals surface area contributed by atoms with Gasteiger partial charge in [-0.25, -0.2) is 9.97 Å². The fraction of sp³-hybridized carbons (Fsp3) is 0.389. The van der Waals surface area contributed by atoms with Gasteiger partial charge in [0.2, 0.25) is 0 Å². The summed E-state index contributed by atoms with van der Waals surface area (Å²) in [5.74, 6) is 0.671. The molecule has 2 aromatic rings. The summed E-state index contributed by atoms with van der Waals surface area (Å²) in [5.41, 5.74) is 3.22. The maximum atomic E-state index is 12.6. The number of benzene rings is 1. The molecule has 0 aliphatic heterocycles. The molecule has 2 N–H and O–H groups in total. The predicted octanol–water partition coefficient (Wildman–Crippen LogP) is 3.27. The van der Waals surface area contributed by atoms with Crippen molar-refractivity contribution in [2.45, 2.75) is 40.2 Å². The van der Waals surface area contributed by atoms with Gasteiger partial charge in [0.05, 0.1) is 11.3 Å². The smallest absolute Gasteiger partial charge is 0.259 e. The van der Waals surface area contributed by atoms with E-state index in [9.17, 15) is 4.79 Å². The van der Waals surface area contributed by atoms with Crippen LogP contribution < -0.4 is 10.6 Å². The molecule has 1 amide bonds. The van der Waals surface area contributed by atoms with Gasteiger partial charge >= 0.3 is 0 Å². The Morgan fingerprint density at radius 1 is 1.30 bits per heavy atom. The molecule has 0 unspecified atom stereocenters. The summed E-state index contributed by atoms with van der Waals surface area (Å²) in [6.45, 7) is 9.64. The molecule has 0 spiro atoms. The molecule has 0 radical (unpaired) electrons. The number of nitrogens with zero attached hydrogens (tertiary/aromatic N) is 2. The maximum absolute atomic E-state index is 12.6. The average Bonchev–Trinajstić information content (AvgIpc) is 2.53. The van der Waals surface area contributed by atoms with E-state index < -0.39 is 0 Å². The number of amides is 1. The van der Waals surface area contributed by atoms with Gasteiger partial charge in [-0.15, -0.1) is 0 Å². The lowest BCUT2D eigenvalue weighted by atomic mass is 10.0. The molecule has 0 saturated heterocycles. The van der Waals surface area contributed by atoms with E-state index in [0.29, 0.717) is 11.4 Å². The molecule has 0 fully saturated rings. The van der Waals surface area contributed by atoms with Crippen molar-refractivity contribution in [2.75, 3.05) is 11.9 Å². The van der Waals surface area contributed by atoms with Crippen LogP contribution >= 0.6 is 0 Å². The molecule has 0 bridgehead atoms. The van der Waals surface area contributed by atoms with Crippen LogP contribution in [0.25, 0.3) is 0 Å². The van der Waals surface area contributed by atoms with Crippen LogP contribution in [0.2, 0.25) is 0 Å². The second kappa shape index (κ2) is 7.83. The van der Waals surface area contributed by atoms with Crippen molar-refractivity contribution in [3.63, 3.8) is 0 Å². The molecule has 0 aliphatic carbocycles. The van der Waals surface area contributed by atoms with Crippen molar-refractivity contribution < 1.29 is 4.79 Å². The van der Waals surface area contributed by atoms with Crippen LogP contribution in [0.3, 0.4) is 0 Å². The Kier molecular flexibility index (Phi) is 5.82. The van der Waals surface area contributed by atoms with Crippen molar-refractivity contribution in [1.82, 2.24) is 15.3 Å². The number of nitrogens with one attached hydrogen (secondary N) is 2. The molecule has 1 heterocycles. The second-order valence-electron chi connectivity index (χ2n) is 5.81. The summed E-state index contributed by atoms with van der Waals surface area (Å²) in [6.07, 6.45) is 1.61. The Balaban J connectivity index is 2.19. The molecule has 122 valence electrons. The number of anilines is 1. The van der Waals surface area contributed by atoms with Gasteiger partial charge in [-0.05, 0) is 37.1 Å². The second-order valence-corrected chi connectivity index (χ2v) is 5.81. The summed E-state index contributed by atoms with van der Waals surface area (Å²) in [6, 6.07) is 7.84. The predicted molar refractivity (Wildman–Crippen MR) is 92.6 cm³/mol. The lowest BCUT2D eigenvalue weighted by Gasteiger charge is -2.13. The third-order valence-corrected chi connectivity index (χ3v) is 3.49. The Bertz CT molecular complexity index is 682. The number of aromatic nitrogens is 2. The molecular formula is C18H24N4O. The lowest BCUT2D eigenvalue weighted by Crippen LogP contribution is -2.17. The lowest BCUT2D eigenvalue weighted by molar-refractivity contribution is 0.102. The molecule has 2 rings (SSSR count). The van der Waals surface area contributed by atoms with Crippen LogP contribution in [0.5, 0.6) is 0 Å². The number of rotatable bonds is 6. The number of hydrogen-bond donors (Lipinski definition) is 2. The van der Waals surface area contributed by atoms with E-state index >= 15 is 0 Å². The molecular weight excluding hydrogens is 288 g/mol. The molecule has 1 aromatic heterocycles. The summed E-state index contributed by atoms with van der Waals surface area (Å²) in [4.78, 5) is 21.1.